The normalized spacial score (nSPS) is 10.3. The van der Waals surface area contributed by atoms with E-state index in [0.29, 0.717) is 35.7 Å². The standard InChI is InChI=1S/C25H26N2O3/c1-2-3-16-26-25(29)22-14-7-8-15-23(22)27-24(28)20-12-9-13-21(17-20)30-18-19-10-5-4-6-11-19/h4-15,17H,2-3,16,18H2,1H3,(H,26,29)(H,27,28). The topological polar surface area (TPSA) is 67.4 Å². The first kappa shape index (κ1) is 21.1. The molecule has 3 aromatic carbocycles. The average molecular weight is 402 g/mol. The molecule has 0 aliphatic heterocycles. The monoisotopic (exact) mass is 402 g/mol. The third-order valence-corrected chi connectivity index (χ3v) is 4.58. The van der Waals surface area contributed by atoms with E-state index in [1.165, 1.54) is 0 Å². The van der Waals surface area contributed by atoms with Gasteiger partial charge in [-0.1, -0.05) is 61.9 Å². The van der Waals surface area contributed by atoms with Crippen LogP contribution < -0.4 is 15.4 Å². The molecule has 0 aliphatic rings. The molecule has 3 aromatic rings. The highest BCUT2D eigenvalue weighted by molar-refractivity contribution is 6.09. The van der Waals surface area contributed by atoms with Crippen molar-refractivity contribution < 1.29 is 14.3 Å². The number of nitrogens with one attached hydrogen (secondary N) is 2. The van der Waals surface area contributed by atoms with Crippen LogP contribution in [0.15, 0.2) is 78.9 Å². The largest absolute Gasteiger partial charge is 0.489 e. The van der Waals surface area contributed by atoms with Crippen molar-refractivity contribution in [2.45, 2.75) is 26.4 Å². The van der Waals surface area contributed by atoms with Gasteiger partial charge in [0.25, 0.3) is 11.8 Å². The molecule has 30 heavy (non-hydrogen) atoms. The number of rotatable bonds is 9. The zero-order chi connectivity index (χ0) is 21.2. The van der Waals surface area contributed by atoms with Gasteiger partial charge in [-0.2, -0.15) is 0 Å². The summed E-state index contributed by atoms with van der Waals surface area (Å²) in [4.78, 5) is 25.2. The summed E-state index contributed by atoms with van der Waals surface area (Å²) < 4.78 is 5.81. The van der Waals surface area contributed by atoms with E-state index in [1.54, 1.807) is 42.5 Å². The second kappa shape index (κ2) is 10.8. The summed E-state index contributed by atoms with van der Waals surface area (Å²) in [5.74, 6) is 0.116. The van der Waals surface area contributed by atoms with Crippen LogP contribution in [0.3, 0.4) is 0 Å². The van der Waals surface area contributed by atoms with Gasteiger partial charge in [-0.05, 0) is 42.3 Å². The summed E-state index contributed by atoms with van der Waals surface area (Å²) in [7, 11) is 0. The van der Waals surface area contributed by atoms with Gasteiger partial charge in [-0.3, -0.25) is 9.59 Å². The zero-order valence-electron chi connectivity index (χ0n) is 17.1. The van der Waals surface area contributed by atoms with E-state index < -0.39 is 0 Å². The van der Waals surface area contributed by atoms with E-state index >= 15 is 0 Å². The molecule has 0 saturated heterocycles. The number of anilines is 1. The van der Waals surface area contributed by atoms with Crippen LogP contribution in [0.25, 0.3) is 0 Å². The van der Waals surface area contributed by atoms with Crippen LogP contribution in [0.1, 0.15) is 46.0 Å². The molecule has 0 bridgehead atoms. The van der Waals surface area contributed by atoms with E-state index in [1.807, 2.05) is 36.4 Å². The fourth-order valence-corrected chi connectivity index (χ4v) is 2.93. The molecule has 0 saturated carbocycles. The van der Waals surface area contributed by atoms with Gasteiger partial charge in [0.05, 0.1) is 11.3 Å². The Hall–Kier alpha value is -3.60. The van der Waals surface area contributed by atoms with Gasteiger partial charge < -0.3 is 15.4 Å². The maximum atomic E-state index is 12.8. The van der Waals surface area contributed by atoms with Gasteiger partial charge in [0.15, 0.2) is 0 Å². The molecule has 0 heterocycles. The molecule has 0 spiro atoms. The number of carbonyl (C=O) groups is 2. The third kappa shape index (κ3) is 5.95. The van der Waals surface area contributed by atoms with Gasteiger partial charge in [0.1, 0.15) is 12.4 Å². The van der Waals surface area contributed by atoms with Crippen LogP contribution in [-0.4, -0.2) is 18.4 Å². The number of ether oxygens (including phenoxy) is 1. The number of unbranched alkanes of at least 4 members (excludes halogenated alkanes) is 1. The van der Waals surface area contributed by atoms with E-state index in [9.17, 15) is 9.59 Å². The summed E-state index contributed by atoms with van der Waals surface area (Å²) >= 11 is 0. The number of para-hydroxylation sites is 1. The number of amides is 2. The molecule has 5 nitrogen and oxygen atoms in total. The maximum absolute atomic E-state index is 12.8. The second-order valence-corrected chi connectivity index (χ2v) is 6.91. The lowest BCUT2D eigenvalue weighted by Gasteiger charge is -2.12. The van der Waals surface area contributed by atoms with Gasteiger partial charge in [-0.25, -0.2) is 0 Å². The minimum atomic E-state index is -0.297. The summed E-state index contributed by atoms with van der Waals surface area (Å²) in [6.45, 7) is 3.10. The Bertz CT molecular complexity index is 986. The third-order valence-electron chi connectivity index (χ3n) is 4.58. The molecule has 0 aliphatic carbocycles. The number of hydrogen-bond donors (Lipinski definition) is 2. The molecule has 0 fully saturated rings. The van der Waals surface area contributed by atoms with Crippen molar-refractivity contribution in [2.75, 3.05) is 11.9 Å². The Morgan fingerprint density at radius 1 is 0.867 bits per heavy atom. The van der Waals surface area contributed by atoms with Crippen molar-refractivity contribution in [2.24, 2.45) is 0 Å². The summed E-state index contributed by atoms with van der Waals surface area (Å²) in [6.07, 6.45) is 1.91. The minimum absolute atomic E-state index is 0.195. The molecular formula is C25H26N2O3. The Labute approximate surface area is 177 Å². The molecule has 2 amide bonds. The van der Waals surface area contributed by atoms with E-state index in [4.69, 9.17) is 4.74 Å². The minimum Gasteiger partial charge on any atom is -0.489 e. The van der Waals surface area contributed by atoms with Crippen LogP contribution >= 0.6 is 0 Å². The van der Waals surface area contributed by atoms with Crippen LogP contribution in [-0.2, 0) is 6.61 Å². The number of hydrogen-bond acceptors (Lipinski definition) is 3. The Balaban J connectivity index is 1.67. The molecule has 154 valence electrons. The van der Waals surface area contributed by atoms with Crippen molar-refractivity contribution in [1.29, 1.82) is 0 Å². The van der Waals surface area contributed by atoms with Crippen LogP contribution in [0.4, 0.5) is 5.69 Å². The van der Waals surface area contributed by atoms with E-state index in [0.717, 1.165) is 18.4 Å². The van der Waals surface area contributed by atoms with Crippen molar-refractivity contribution in [3.63, 3.8) is 0 Å². The first-order valence-electron chi connectivity index (χ1n) is 10.1. The van der Waals surface area contributed by atoms with Gasteiger partial charge in [0.2, 0.25) is 0 Å². The van der Waals surface area contributed by atoms with Gasteiger partial charge in [0, 0.05) is 12.1 Å². The van der Waals surface area contributed by atoms with Crippen molar-refractivity contribution >= 4 is 17.5 Å². The SMILES string of the molecule is CCCCNC(=O)c1ccccc1NC(=O)c1cccc(OCc2ccccc2)c1. The maximum Gasteiger partial charge on any atom is 0.255 e. The van der Waals surface area contributed by atoms with Crippen LogP contribution in [0.5, 0.6) is 5.75 Å². The highest BCUT2D eigenvalue weighted by Crippen LogP contribution is 2.19. The Kier molecular flexibility index (Phi) is 7.61. The number of carbonyl (C=O) groups excluding carboxylic acids is 2. The lowest BCUT2D eigenvalue weighted by molar-refractivity contribution is 0.0954. The highest BCUT2D eigenvalue weighted by Gasteiger charge is 2.14. The van der Waals surface area contributed by atoms with Gasteiger partial charge >= 0.3 is 0 Å². The van der Waals surface area contributed by atoms with Crippen molar-refractivity contribution in [1.82, 2.24) is 5.32 Å². The van der Waals surface area contributed by atoms with Crippen molar-refractivity contribution in [3.8, 4) is 5.75 Å². The fourth-order valence-electron chi connectivity index (χ4n) is 2.93. The van der Waals surface area contributed by atoms with Crippen LogP contribution in [0.2, 0.25) is 0 Å². The molecule has 0 atom stereocenters. The summed E-state index contributed by atoms with van der Waals surface area (Å²) in [5.41, 5.74) is 2.43. The second-order valence-electron chi connectivity index (χ2n) is 6.91. The summed E-state index contributed by atoms with van der Waals surface area (Å²) in [6, 6.07) is 23.8. The molecule has 0 unspecified atom stereocenters. The van der Waals surface area contributed by atoms with E-state index in [-0.39, 0.29) is 11.8 Å². The molecule has 2 N–H and O–H groups in total. The average Bonchev–Trinajstić information content (AvgIpc) is 2.79. The quantitative estimate of drug-likeness (QED) is 0.492. The Morgan fingerprint density at radius 2 is 1.63 bits per heavy atom. The lowest BCUT2D eigenvalue weighted by atomic mass is 10.1. The molecule has 0 radical (unpaired) electrons. The molecule has 0 aromatic heterocycles. The molecular weight excluding hydrogens is 376 g/mol. The smallest absolute Gasteiger partial charge is 0.255 e. The highest BCUT2D eigenvalue weighted by atomic mass is 16.5. The lowest BCUT2D eigenvalue weighted by Crippen LogP contribution is -2.26. The summed E-state index contributed by atoms with van der Waals surface area (Å²) in [5, 5.41) is 5.73. The zero-order valence-corrected chi connectivity index (χ0v) is 17.1. The predicted molar refractivity (Wildman–Crippen MR) is 119 cm³/mol. The fraction of sp³-hybridized carbons (Fsp3) is 0.200. The molecule has 5 heteroatoms. The van der Waals surface area contributed by atoms with E-state index in [2.05, 4.69) is 17.6 Å². The number of benzene rings is 3. The van der Waals surface area contributed by atoms with Crippen LogP contribution in [0, 0.1) is 0 Å². The first-order valence-corrected chi connectivity index (χ1v) is 10.1. The van der Waals surface area contributed by atoms with Crippen molar-refractivity contribution in [3.05, 3.63) is 95.6 Å². The predicted octanol–water partition coefficient (Wildman–Crippen LogP) is 5.05. The van der Waals surface area contributed by atoms with Gasteiger partial charge in [-0.15, -0.1) is 0 Å². The first-order chi connectivity index (χ1) is 14.7. The Morgan fingerprint density at radius 3 is 2.43 bits per heavy atom. The molecule has 3 rings (SSSR count).